The molecule has 2 unspecified atom stereocenters. The molecule has 4 nitrogen and oxygen atoms in total. The second kappa shape index (κ2) is 14.5. The van der Waals surface area contributed by atoms with E-state index in [-0.39, 0.29) is 0 Å². The van der Waals surface area contributed by atoms with E-state index in [0.29, 0.717) is 0 Å². The van der Waals surface area contributed by atoms with E-state index < -0.39 is 0 Å². The van der Waals surface area contributed by atoms with E-state index >= 15 is 0 Å². The van der Waals surface area contributed by atoms with Gasteiger partial charge in [-0.1, -0.05) is 79.1 Å². The minimum absolute atomic E-state index is 0.734. The molecule has 5 aromatic rings. The Bertz CT molecular complexity index is 1490. The van der Waals surface area contributed by atoms with Crippen molar-refractivity contribution in [1.29, 1.82) is 0 Å². The maximum atomic E-state index is 5.32. The summed E-state index contributed by atoms with van der Waals surface area (Å²) in [7, 11) is 0. The van der Waals surface area contributed by atoms with Crippen molar-refractivity contribution in [2.45, 2.75) is 91.9 Å². The van der Waals surface area contributed by atoms with Gasteiger partial charge in [0.05, 0.1) is 30.4 Å². The first-order valence-corrected chi connectivity index (χ1v) is 18.9. The van der Waals surface area contributed by atoms with Gasteiger partial charge in [0.15, 0.2) is 0 Å². The van der Waals surface area contributed by atoms with Crippen LogP contribution in [0, 0.1) is 11.8 Å². The van der Waals surface area contributed by atoms with Gasteiger partial charge in [-0.2, -0.15) is 8.75 Å². The molecule has 41 heavy (non-hydrogen) atoms. The average molecular weight is 735 g/mol. The minimum Gasteiger partial charge on any atom is -0.242 e. The van der Waals surface area contributed by atoms with Crippen LogP contribution in [0.5, 0.6) is 0 Å². The number of aromatic nitrogens is 4. The first-order chi connectivity index (χ1) is 20.0. The van der Waals surface area contributed by atoms with Crippen LogP contribution in [0.25, 0.3) is 43.2 Å². The molecule has 0 aliphatic heterocycles. The number of fused-ring (bicyclic) bond motifs is 2. The van der Waals surface area contributed by atoms with Gasteiger partial charge in [0.2, 0.25) is 0 Å². The molecule has 4 aromatic heterocycles. The van der Waals surface area contributed by atoms with Crippen LogP contribution >= 0.6 is 66.3 Å². The lowest BCUT2D eigenvalue weighted by atomic mass is 9.95. The van der Waals surface area contributed by atoms with Gasteiger partial charge in [0, 0.05) is 9.75 Å². The molecular formula is C32H38Br2N4S3. The average Bonchev–Trinajstić information content (AvgIpc) is 3.77. The predicted octanol–water partition coefficient (Wildman–Crippen LogP) is 12.1. The fourth-order valence-electron chi connectivity index (χ4n) is 5.47. The molecule has 0 spiro atoms. The number of nitrogens with zero attached hydrogens (tertiary/aromatic N) is 4. The number of halogens is 2. The lowest BCUT2D eigenvalue weighted by Crippen LogP contribution is -2.01. The molecule has 4 heterocycles. The van der Waals surface area contributed by atoms with Crippen molar-refractivity contribution < 1.29 is 0 Å². The minimum atomic E-state index is 0.734. The van der Waals surface area contributed by atoms with Crippen LogP contribution in [0.3, 0.4) is 0 Å². The zero-order chi connectivity index (χ0) is 28.9. The standard InChI is InChI=1S/C32H38Br2N4S3/c1-5-9-11-19(7-3)17-21-13-15-23(39-21)27-28(24-16-14-22(40-24)18-20(8-4)12-10-6-2)36-30-26(34)32-31(37-41-38-32)25(33)29(30)35-27/h13-16,19-20H,5-12,17-18H2,1-4H3. The van der Waals surface area contributed by atoms with Crippen LogP contribution < -0.4 is 0 Å². The smallest absolute Gasteiger partial charge is 0.122 e. The van der Waals surface area contributed by atoms with Crippen molar-refractivity contribution in [2.24, 2.45) is 11.8 Å². The summed E-state index contributed by atoms with van der Waals surface area (Å²) in [4.78, 5) is 15.9. The van der Waals surface area contributed by atoms with Crippen molar-refractivity contribution in [2.75, 3.05) is 0 Å². The highest BCUT2D eigenvalue weighted by atomic mass is 79.9. The van der Waals surface area contributed by atoms with Crippen LogP contribution in [0.1, 0.15) is 88.8 Å². The molecule has 1 aromatic carbocycles. The lowest BCUT2D eigenvalue weighted by Gasteiger charge is -2.13. The van der Waals surface area contributed by atoms with Gasteiger partial charge in [0.25, 0.3) is 0 Å². The number of hydrogen-bond acceptors (Lipinski definition) is 7. The summed E-state index contributed by atoms with van der Waals surface area (Å²) in [5.41, 5.74) is 5.21. The predicted molar refractivity (Wildman–Crippen MR) is 187 cm³/mol. The Morgan fingerprint density at radius 3 is 1.46 bits per heavy atom. The first kappa shape index (κ1) is 31.2. The summed E-state index contributed by atoms with van der Waals surface area (Å²) in [5, 5.41) is 0. The highest BCUT2D eigenvalue weighted by Crippen LogP contribution is 2.43. The topological polar surface area (TPSA) is 51.6 Å². The van der Waals surface area contributed by atoms with E-state index in [1.807, 2.05) is 22.7 Å². The number of rotatable bonds is 14. The Kier molecular flexibility index (Phi) is 11.0. The molecule has 0 fully saturated rings. The Balaban J connectivity index is 1.59. The molecule has 2 atom stereocenters. The summed E-state index contributed by atoms with van der Waals surface area (Å²) in [6.07, 6.45) is 12.4. The summed E-state index contributed by atoms with van der Waals surface area (Å²) in [5.74, 6) is 1.47. The van der Waals surface area contributed by atoms with Gasteiger partial charge in [-0.05, 0) is 80.8 Å². The van der Waals surface area contributed by atoms with E-state index in [2.05, 4.69) is 92.6 Å². The fraction of sp³-hybridized carbons (Fsp3) is 0.500. The number of hydrogen-bond donors (Lipinski definition) is 0. The van der Waals surface area contributed by atoms with Crippen molar-refractivity contribution in [3.63, 3.8) is 0 Å². The van der Waals surface area contributed by atoms with Gasteiger partial charge in [-0.15, -0.1) is 22.7 Å². The van der Waals surface area contributed by atoms with E-state index in [1.165, 1.54) is 82.6 Å². The molecule has 0 saturated heterocycles. The SMILES string of the molecule is CCCCC(CC)Cc1ccc(-c2nc3c(Br)c4nsnc4c(Br)c3nc2-c2ccc(CC(CC)CCCC)s2)s1. The zero-order valence-corrected chi connectivity index (χ0v) is 29.9. The van der Waals surface area contributed by atoms with Gasteiger partial charge in [-0.3, -0.25) is 0 Å². The van der Waals surface area contributed by atoms with Crippen LogP contribution in [0.15, 0.2) is 33.2 Å². The summed E-state index contributed by atoms with van der Waals surface area (Å²) in [6, 6.07) is 9.12. The van der Waals surface area contributed by atoms with Crippen molar-refractivity contribution in [1.82, 2.24) is 18.7 Å². The lowest BCUT2D eigenvalue weighted by molar-refractivity contribution is 0.452. The van der Waals surface area contributed by atoms with Crippen LogP contribution in [0.2, 0.25) is 0 Å². The molecule has 0 radical (unpaired) electrons. The van der Waals surface area contributed by atoms with E-state index in [1.54, 1.807) is 0 Å². The maximum Gasteiger partial charge on any atom is 0.122 e. The normalized spacial score (nSPS) is 13.4. The molecule has 5 rings (SSSR count). The third-order valence-corrected chi connectivity index (χ3v) is 12.3. The van der Waals surface area contributed by atoms with Crippen molar-refractivity contribution in [3.8, 4) is 21.1 Å². The Morgan fingerprint density at radius 2 is 1.07 bits per heavy atom. The van der Waals surface area contributed by atoms with E-state index in [9.17, 15) is 0 Å². The first-order valence-electron chi connectivity index (χ1n) is 15.0. The molecule has 0 N–H and O–H groups in total. The molecule has 0 bridgehead atoms. The van der Waals surface area contributed by atoms with Crippen molar-refractivity contribution in [3.05, 3.63) is 43.0 Å². The number of unbranched alkanes of at least 4 members (excludes halogenated alkanes) is 2. The zero-order valence-electron chi connectivity index (χ0n) is 24.3. The van der Waals surface area contributed by atoms with Gasteiger partial charge >= 0.3 is 0 Å². The van der Waals surface area contributed by atoms with Crippen molar-refractivity contribution >= 4 is 88.3 Å². The van der Waals surface area contributed by atoms with Crippen LogP contribution in [0.4, 0.5) is 0 Å². The third-order valence-electron chi connectivity index (χ3n) is 8.07. The number of thiophene rings is 2. The maximum absolute atomic E-state index is 5.32. The fourth-order valence-corrected chi connectivity index (χ4v) is 9.60. The van der Waals surface area contributed by atoms with E-state index in [4.69, 9.17) is 9.97 Å². The van der Waals surface area contributed by atoms with Crippen LogP contribution in [-0.4, -0.2) is 18.7 Å². The molecule has 0 saturated carbocycles. The third kappa shape index (κ3) is 6.95. The summed E-state index contributed by atoms with van der Waals surface area (Å²) >= 11 is 12.6. The summed E-state index contributed by atoms with van der Waals surface area (Å²) < 4.78 is 10.8. The molecule has 0 aliphatic rings. The number of benzene rings is 1. The molecule has 9 heteroatoms. The molecule has 0 aliphatic carbocycles. The molecular weight excluding hydrogens is 696 g/mol. The monoisotopic (exact) mass is 732 g/mol. The van der Waals surface area contributed by atoms with E-state index in [0.717, 1.165) is 67.1 Å². The Hall–Kier alpha value is -1.26. The molecule has 218 valence electrons. The Labute approximate surface area is 273 Å². The second-order valence-electron chi connectivity index (χ2n) is 11.0. The second-order valence-corrected chi connectivity index (χ2v) is 15.4. The Morgan fingerprint density at radius 1 is 0.634 bits per heavy atom. The quantitative estimate of drug-likeness (QED) is 0.114. The highest BCUT2D eigenvalue weighted by Gasteiger charge is 2.23. The van der Waals surface area contributed by atoms with Gasteiger partial charge in [-0.25, -0.2) is 9.97 Å². The van der Waals surface area contributed by atoms with Crippen LogP contribution in [-0.2, 0) is 12.8 Å². The van der Waals surface area contributed by atoms with Gasteiger partial charge in [0.1, 0.15) is 33.5 Å². The van der Waals surface area contributed by atoms with Gasteiger partial charge < -0.3 is 0 Å². The summed E-state index contributed by atoms with van der Waals surface area (Å²) in [6.45, 7) is 9.22. The molecule has 0 amide bonds. The highest BCUT2D eigenvalue weighted by molar-refractivity contribution is 9.11. The largest absolute Gasteiger partial charge is 0.242 e.